The quantitative estimate of drug-likeness (QED) is 0.0317. The zero-order chi connectivity index (χ0) is 77.7. The van der Waals surface area contributed by atoms with Crippen LogP contribution in [0.2, 0.25) is 0 Å². The highest BCUT2D eigenvalue weighted by Crippen LogP contribution is 2.49. The van der Waals surface area contributed by atoms with Gasteiger partial charge >= 0.3 is 0 Å². The van der Waals surface area contributed by atoms with Crippen LogP contribution >= 0.6 is 0 Å². The molecule has 0 aliphatic heterocycles. The largest absolute Gasteiger partial charge is 0.360 e. The summed E-state index contributed by atoms with van der Waals surface area (Å²) in [5.41, 5.74) is 22.6. The number of ketones is 3. The molecule has 1 fully saturated rings. The Morgan fingerprint density at radius 2 is 0.298 bits per heavy atom. The van der Waals surface area contributed by atoms with E-state index in [2.05, 4.69) is 364 Å². The second-order valence-electron chi connectivity index (χ2n) is 29.6. The third-order valence-corrected chi connectivity index (χ3v) is 22.0. The van der Waals surface area contributed by atoms with Crippen LogP contribution in [0.3, 0.4) is 0 Å². The molecule has 0 saturated heterocycles. The van der Waals surface area contributed by atoms with E-state index in [0.717, 1.165) is 117 Å². The zero-order valence-corrected chi connectivity index (χ0v) is 64.0. The highest BCUT2D eigenvalue weighted by Gasteiger charge is 2.40. The van der Waals surface area contributed by atoms with Crippen molar-refractivity contribution in [2.45, 2.75) is 56.3 Å². The Morgan fingerprint density at radius 1 is 0.184 bits per heavy atom. The van der Waals surface area contributed by atoms with Gasteiger partial charge in [-0.1, -0.05) is 417 Å². The molecule has 1 aliphatic rings. The van der Waals surface area contributed by atoms with Gasteiger partial charge in [0.2, 0.25) is 17.3 Å². The first-order valence-electron chi connectivity index (χ1n) is 39.2. The van der Waals surface area contributed by atoms with E-state index < -0.39 is 17.3 Å². The normalized spacial score (nSPS) is 12.3. The molecule has 0 unspecified atom stereocenters. The molecule has 0 aromatic heterocycles. The predicted octanol–water partition coefficient (Wildman–Crippen LogP) is 24.7. The summed E-state index contributed by atoms with van der Waals surface area (Å²) in [7, 11) is 0. The van der Waals surface area contributed by atoms with E-state index in [1.165, 1.54) is 0 Å². The molecule has 0 bridgehead atoms. The molecular weight excluding hydrogens is 1390 g/mol. The van der Waals surface area contributed by atoms with Crippen molar-refractivity contribution in [3.63, 3.8) is 0 Å². The number of hydrogen-bond acceptors (Lipinski definition) is 6. The van der Waals surface area contributed by atoms with Crippen molar-refractivity contribution in [1.82, 2.24) is 0 Å². The molecule has 0 atom stereocenters. The number of anilines is 3. The van der Waals surface area contributed by atoms with Gasteiger partial charge in [0.1, 0.15) is 0 Å². The first-order chi connectivity index (χ1) is 56.1. The molecule has 552 valence electrons. The van der Waals surface area contributed by atoms with Crippen LogP contribution < -0.4 is 16.0 Å². The van der Waals surface area contributed by atoms with Gasteiger partial charge in [0.15, 0.2) is 0 Å². The minimum atomic E-state index is -0.749. The Labute approximate surface area is 669 Å². The Bertz CT molecular complexity index is 4780. The maximum atomic E-state index is 16.8. The minimum absolute atomic E-state index is 0.232. The van der Waals surface area contributed by atoms with E-state index in [9.17, 15) is 0 Å². The van der Waals surface area contributed by atoms with Gasteiger partial charge in [0.25, 0.3) is 0 Å². The van der Waals surface area contributed by atoms with Gasteiger partial charge in [-0.15, -0.1) is 0 Å². The Kier molecular flexibility index (Phi) is 22.4. The van der Waals surface area contributed by atoms with E-state index in [1.807, 2.05) is 72.8 Å². The SMILES string of the molecule is Cc1cc(C(c2ccccc2)c2ccccc2)c(NC=C2C(=O)C(=CNc3c(C(c4ccccc4)c4ccccc4)cc(C)cc3C(c3ccccc3)c3ccccc3)C(=O)C(=CNc3c(C(c4ccccc4)c4ccccc4)cc(C)cc3C(c3ccccc3)c3ccccc3)C2=O)c(C(c2ccccc2)c2ccccc2)c1. The first-order valence-corrected chi connectivity index (χ1v) is 39.2. The highest BCUT2D eigenvalue weighted by atomic mass is 16.2. The predicted molar refractivity (Wildman–Crippen MR) is 467 cm³/mol. The second-order valence-corrected chi connectivity index (χ2v) is 29.6. The molecule has 6 heteroatoms. The van der Waals surface area contributed by atoms with Gasteiger partial charge in [-0.3, -0.25) is 14.4 Å². The van der Waals surface area contributed by atoms with Crippen LogP contribution in [0.5, 0.6) is 0 Å². The molecular formula is C108H87N3O3. The van der Waals surface area contributed by atoms with Crippen molar-refractivity contribution in [3.8, 4) is 0 Å². The Morgan fingerprint density at radius 3 is 0.412 bits per heavy atom. The molecule has 15 aromatic carbocycles. The summed E-state index contributed by atoms with van der Waals surface area (Å²) in [6, 6.07) is 139. The topological polar surface area (TPSA) is 87.3 Å². The number of aryl methyl sites for hydroxylation is 3. The van der Waals surface area contributed by atoms with Crippen molar-refractivity contribution in [3.05, 3.63) is 553 Å². The summed E-state index contributed by atoms with van der Waals surface area (Å²) in [6.45, 7) is 6.39. The molecule has 1 aliphatic carbocycles. The van der Waals surface area contributed by atoms with Crippen LogP contribution in [-0.2, 0) is 14.4 Å². The number of rotatable bonds is 24. The standard InChI is InChI=1S/C108H87N3O3/c1-73-64-88(97(76-40-16-4-17-41-76)77-42-18-5-19-43-77)103(89(65-73)98(78-44-20-6-21-45-78)79-46-22-7-23-47-79)109-70-94-106(112)95(71-110-104-90(99(80-48-24-8-25-49-80)81-50-26-9-27-51-81)66-74(2)67-91(104)100(82-52-28-10-29-53-82)83-54-30-11-31-55-83)108(114)96(107(94)113)72-111-105-92(101(84-56-32-12-33-57-84)85-58-34-13-35-59-85)68-75(3)69-93(105)102(86-60-36-14-37-61-86)87-62-38-15-39-63-87/h4-72,97-102,109-111H,1-3H3. The lowest BCUT2D eigenvalue weighted by Gasteiger charge is -2.29. The Hall–Kier alpha value is -14.1. The monoisotopic (exact) mass is 1470 g/mol. The van der Waals surface area contributed by atoms with Crippen molar-refractivity contribution in [2.75, 3.05) is 16.0 Å². The Balaban J connectivity index is 0.958. The number of benzene rings is 15. The summed E-state index contributed by atoms with van der Waals surface area (Å²) >= 11 is 0. The van der Waals surface area contributed by atoms with E-state index in [4.69, 9.17) is 0 Å². The molecule has 114 heavy (non-hydrogen) atoms. The van der Waals surface area contributed by atoms with Crippen molar-refractivity contribution >= 4 is 34.4 Å². The minimum Gasteiger partial charge on any atom is -0.360 e. The molecule has 1 saturated carbocycles. The summed E-state index contributed by atoms with van der Waals surface area (Å²) in [5.74, 6) is -4.30. The lowest BCUT2D eigenvalue weighted by molar-refractivity contribution is -0.124. The van der Waals surface area contributed by atoms with E-state index in [0.29, 0.717) is 17.1 Å². The lowest BCUT2D eigenvalue weighted by atomic mass is 9.78. The second kappa shape index (κ2) is 34.5. The summed E-state index contributed by atoms with van der Waals surface area (Å²) in [4.78, 5) is 50.4. The maximum Gasteiger partial charge on any atom is 0.203 e. The van der Waals surface area contributed by atoms with Crippen molar-refractivity contribution < 1.29 is 14.4 Å². The van der Waals surface area contributed by atoms with E-state index >= 15 is 14.4 Å². The van der Waals surface area contributed by atoms with Crippen molar-refractivity contribution in [2.24, 2.45) is 0 Å². The summed E-state index contributed by atoms with van der Waals surface area (Å²) in [5, 5.41) is 11.5. The molecule has 6 nitrogen and oxygen atoms in total. The fraction of sp³-hybridized carbons (Fsp3) is 0.0833. The number of carbonyl (C=O) groups is 3. The van der Waals surface area contributed by atoms with Crippen LogP contribution in [0.1, 0.15) is 152 Å². The van der Waals surface area contributed by atoms with Gasteiger partial charge in [-0.05, 0) is 121 Å². The van der Waals surface area contributed by atoms with Crippen LogP contribution in [-0.4, -0.2) is 17.3 Å². The fourth-order valence-electron chi connectivity index (χ4n) is 17.0. The van der Waals surface area contributed by atoms with Crippen LogP contribution in [0.25, 0.3) is 0 Å². The van der Waals surface area contributed by atoms with Gasteiger partial charge in [-0.25, -0.2) is 0 Å². The molecule has 3 N–H and O–H groups in total. The molecule has 0 radical (unpaired) electrons. The fourth-order valence-corrected chi connectivity index (χ4v) is 17.0. The van der Waals surface area contributed by atoms with Gasteiger partial charge in [-0.2, -0.15) is 0 Å². The van der Waals surface area contributed by atoms with E-state index in [1.54, 1.807) is 18.6 Å². The third-order valence-electron chi connectivity index (χ3n) is 22.0. The van der Waals surface area contributed by atoms with Gasteiger partial charge in [0.05, 0.1) is 16.7 Å². The number of Topliss-reactive ketones (excluding diaryl/α,β-unsaturated/α-hetero) is 3. The summed E-state index contributed by atoms with van der Waals surface area (Å²) < 4.78 is 0. The molecule has 15 aromatic rings. The number of nitrogens with one attached hydrogen (secondary N) is 3. The zero-order valence-electron chi connectivity index (χ0n) is 64.0. The lowest BCUT2D eigenvalue weighted by Crippen LogP contribution is -2.33. The van der Waals surface area contributed by atoms with Crippen LogP contribution in [0.15, 0.2) is 436 Å². The number of carbonyl (C=O) groups excluding carboxylic acids is 3. The van der Waals surface area contributed by atoms with Crippen LogP contribution in [0.4, 0.5) is 17.1 Å². The van der Waals surface area contributed by atoms with Crippen molar-refractivity contribution in [1.29, 1.82) is 0 Å². The van der Waals surface area contributed by atoms with E-state index in [-0.39, 0.29) is 52.2 Å². The smallest absolute Gasteiger partial charge is 0.203 e. The third kappa shape index (κ3) is 15.9. The summed E-state index contributed by atoms with van der Waals surface area (Å²) in [6.07, 6.45) is 4.72. The number of allylic oxidation sites excluding steroid dienone is 3. The molecule has 16 rings (SSSR count). The van der Waals surface area contributed by atoms with Gasteiger partial charge < -0.3 is 16.0 Å². The average molecular weight is 1470 g/mol. The first kappa shape index (κ1) is 74.0. The molecule has 0 spiro atoms. The average Bonchev–Trinajstić information content (AvgIpc) is 0.799. The van der Waals surface area contributed by atoms with Gasteiger partial charge in [0, 0.05) is 71.2 Å². The van der Waals surface area contributed by atoms with Crippen LogP contribution in [0, 0.1) is 20.8 Å². The number of hydrogen-bond donors (Lipinski definition) is 3. The highest BCUT2D eigenvalue weighted by molar-refractivity contribution is 6.52. The maximum absolute atomic E-state index is 16.8. The molecule has 0 heterocycles. The molecule has 0 amide bonds.